The van der Waals surface area contributed by atoms with E-state index in [2.05, 4.69) is 34.2 Å². The fourth-order valence-corrected chi connectivity index (χ4v) is 2.84. The van der Waals surface area contributed by atoms with E-state index < -0.39 is 5.09 Å². The largest absolute Gasteiger partial charge is 0.328 e. The fraction of sp³-hybridized carbons (Fsp3) is 0.300. The second-order valence-electron chi connectivity index (χ2n) is 3.48. The smallest absolute Gasteiger partial charge is 0.291 e. The number of nitrogens with zero attached hydrogens (tertiary/aromatic N) is 3. The van der Waals surface area contributed by atoms with Gasteiger partial charge in [0.05, 0.1) is 5.69 Å². The number of thioether (sulfide) groups is 1. The Bertz CT molecular complexity index is 460. The summed E-state index contributed by atoms with van der Waals surface area (Å²) in [6.45, 7) is 2.12. The van der Waals surface area contributed by atoms with E-state index in [0.29, 0.717) is 0 Å². The second kappa shape index (κ2) is 5.05. The van der Waals surface area contributed by atoms with Crippen molar-refractivity contribution in [2.75, 3.05) is 18.0 Å². The quantitative estimate of drug-likeness (QED) is 0.565. The first-order chi connectivity index (χ1) is 8.18. The Morgan fingerprint density at radius 2 is 2.18 bits per heavy atom. The maximum Gasteiger partial charge on any atom is 0.291 e. The zero-order valence-corrected chi connectivity index (χ0v) is 9.76. The highest BCUT2D eigenvalue weighted by atomic mass is 32.2. The predicted molar refractivity (Wildman–Crippen MR) is 65.3 cm³/mol. The summed E-state index contributed by atoms with van der Waals surface area (Å²) in [6.07, 6.45) is 1.18. The van der Waals surface area contributed by atoms with Crippen LogP contribution in [-0.4, -0.2) is 28.6 Å². The number of rotatable bonds is 0. The van der Waals surface area contributed by atoms with Gasteiger partial charge in [-0.05, 0) is 30.3 Å². The van der Waals surface area contributed by atoms with Crippen molar-refractivity contribution in [1.29, 1.82) is 0 Å². The average molecular weight is 253 g/mol. The standard InChI is InChI=1S/C10H10N2S.HNO3/c1-2-5-9-8(4-1)12-7-3-6-11-10(12)13-9;2-1(3)4/h1-2,4-5H,3,6-7H2;(H,2,3,4). The average Bonchev–Trinajstić information content (AvgIpc) is 2.66. The van der Waals surface area contributed by atoms with E-state index in [1.807, 2.05) is 0 Å². The first-order valence-corrected chi connectivity index (χ1v) is 5.92. The van der Waals surface area contributed by atoms with E-state index in [1.54, 1.807) is 11.8 Å². The summed E-state index contributed by atoms with van der Waals surface area (Å²) in [5, 5.41) is 14.8. The lowest BCUT2D eigenvalue weighted by atomic mass is 10.2. The van der Waals surface area contributed by atoms with Crippen molar-refractivity contribution in [2.24, 2.45) is 4.99 Å². The molecule has 0 bridgehead atoms. The normalized spacial score (nSPS) is 16.2. The number of para-hydroxylation sites is 1. The van der Waals surface area contributed by atoms with Crippen molar-refractivity contribution in [3.05, 3.63) is 34.4 Å². The molecule has 90 valence electrons. The lowest BCUT2D eigenvalue weighted by Gasteiger charge is -2.22. The van der Waals surface area contributed by atoms with Gasteiger partial charge in [0, 0.05) is 18.0 Å². The van der Waals surface area contributed by atoms with Gasteiger partial charge >= 0.3 is 0 Å². The molecule has 1 N–H and O–H groups in total. The molecule has 1 aromatic rings. The van der Waals surface area contributed by atoms with Crippen LogP contribution in [0.4, 0.5) is 5.69 Å². The van der Waals surface area contributed by atoms with Gasteiger partial charge in [-0.15, -0.1) is 10.1 Å². The third kappa shape index (κ3) is 2.68. The molecule has 17 heavy (non-hydrogen) atoms. The molecule has 0 aromatic heterocycles. The van der Waals surface area contributed by atoms with E-state index in [-0.39, 0.29) is 0 Å². The lowest BCUT2D eigenvalue weighted by Crippen LogP contribution is -2.30. The van der Waals surface area contributed by atoms with Gasteiger partial charge < -0.3 is 10.1 Å². The van der Waals surface area contributed by atoms with Crippen molar-refractivity contribution >= 4 is 22.6 Å². The molecular formula is C10H11N3O3S. The van der Waals surface area contributed by atoms with Crippen LogP contribution in [0.25, 0.3) is 0 Å². The van der Waals surface area contributed by atoms with Gasteiger partial charge in [0.15, 0.2) is 5.17 Å². The molecule has 1 aromatic carbocycles. The van der Waals surface area contributed by atoms with Crippen LogP contribution >= 0.6 is 11.8 Å². The fourth-order valence-electron chi connectivity index (χ4n) is 1.76. The molecule has 0 aliphatic carbocycles. The van der Waals surface area contributed by atoms with Gasteiger partial charge in [0.2, 0.25) is 0 Å². The first-order valence-electron chi connectivity index (χ1n) is 5.10. The third-order valence-electron chi connectivity index (χ3n) is 2.38. The van der Waals surface area contributed by atoms with Crippen molar-refractivity contribution in [3.63, 3.8) is 0 Å². The van der Waals surface area contributed by atoms with Crippen LogP contribution in [0.2, 0.25) is 0 Å². The van der Waals surface area contributed by atoms with E-state index >= 15 is 0 Å². The van der Waals surface area contributed by atoms with Crippen LogP contribution in [0.5, 0.6) is 0 Å². The van der Waals surface area contributed by atoms with Crippen molar-refractivity contribution < 1.29 is 10.3 Å². The molecule has 0 saturated carbocycles. The van der Waals surface area contributed by atoms with Crippen LogP contribution in [0.15, 0.2) is 34.2 Å². The van der Waals surface area contributed by atoms with Gasteiger partial charge in [-0.3, -0.25) is 4.99 Å². The Kier molecular flexibility index (Phi) is 3.48. The molecule has 6 nitrogen and oxygen atoms in total. The molecule has 3 rings (SSSR count). The Morgan fingerprint density at radius 1 is 1.47 bits per heavy atom. The van der Waals surface area contributed by atoms with Crippen LogP contribution in [0, 0.1) is 10.1 Å². The molecule has 0 fully saturated rings. The maximum atomic E-state index is 8.36. The molecule has 0 unspecified atom stereocenters. The zero-order valence-electron chi connectivity index (χ0n) is 8.94. The summed E-state index contributed by atoms with van der Waals surface area (Å²) in [5.41, 5.74) is 1.34. The number of hydrogen-bond acceptors (Lipinski definition) is 5. The van der Waals surface area contributed by atoms with Gasteiger partial charge in [0.1, 0.15) is 0 Å². The van der Waals surface area contributed by atoms with E-state index in [1.165, 1.54) is 22.2 Å². The summed E-state index contributed by atoms with van der Waals surface area (Å²) in [7, 11) is 0. The molecule has 2 heterocycles. The SMILES string of the molecule is O=[N+]([O-])O.c1ccc2c(c1)SC1=NCCCN12. The van der Waals surface area contributed by atoms with Gasteiger partial charge in [0.25, 0.3) is 5.09 Å². The number of benzene rings is 1. The van der Waals surface area contributed by atoms with Gasteiger partial charge in [-0.1, -0.05) is 12.1 Å². The molecule has 0 spiro atoms. The molecular weight excluding hydrogens is 242 g/mol. The van der Waals surface area contributed by atoms with Crippen LogP contribution in [-0.2, 0) is 0 Å². The molecule has 0 atom stereocenters. The van der Waals surface area contributed by atoms with Crippen molar-refractivity contribution in [1.82, 2.24) is 0 Å². The third-order valence-corrected chi connectivity index (χ3v) is 3.47. The van der Waals surface area contributed by atoms with Crippen LogP contribution in [0.3, 0.4) is 0 Å². The monoisotopic (exact) mass is 253 g/mol. The Balaban J connectivity index is 0.000000239. The molecule has 7 heteroatoms. The number of amidine groups is 1. The Labute approximate surface area is 102 Å². The van der Waals surface area contributed by atoms with Crippen molar-refractivity contribution in [3.8, 4) is 0 Å². The second-order valence-corrected chi connectivity index (χ2v) is 4.49. The summed E-state index contributed by atoms with van der Waals surface area (Å²) in [5.74, 6) is 0. The minimum Gasteiger partial charge on any atom is -0.328 e. The summed E-state index contributed by atoms with van der Waals surface area (Å²) >= 11 is 1.80. The summed E-state index contributed by atoms with van der Waals surface area (Å²) < 4.78 is 0. The molecule has 0 radical (unpaired) electrons. The lowest BCUT2D eigenvalue weighted by molar-refractivity contribution is -0.742. The van der Waals surface area contributed by atoms with Gasteiger partial charge in [-0.2, -0.15) is 0 Å². The maximum absolute atomic E-state index is 8.36. The molecule has 2 aliphatic rings. The van der Waals surface area contributed by atoms with Crippen LogP contribution < -0.4 is 4.90 Å². The minimum atomic E-state index is -1.50. The van der Waals surface area contributed by atoms with E-state index in [4.69, 9.17) is 15.3 Å². The first kappa shape index (κ1) is 11.7. The minimum absolute atomic E-state index is 0.993. The number of fused-ring (bicyclic) bond motifs is 3. The molecule has 2 aliphatic heterocycles. The Morgan fingerprint density at radius 3 is 2.94 bits per heavy atom. The van der Waals surface area contributed by atoms with Gasteiger partial charge in [-0.25, -0.2) is 0 Å². The number of hydrogen-bond donors (Lipinski definition) is 1. The molecule has 0 saturated heterocycles. The Hall–Kier alpha value is -1.76. The van der Waals surface area contributed by atoms with Crippen LogP contribution in [0.1, 0.15) is 6.42 Å². The highest BCUT2D eigenvalue weighted by molar-refractivity contribution is 8.14. The zero-order chi connectivity index (χ0) is 12.3. The topological polar surface area (TPSA) is 79.0 Å². The number of aliphatic imine (C=N–C) groups is 1. The highest BCUT2D eigenvalue weighted by Gasteiger charge is 2.27. The van der Waals surface area contributed by atoms with Crippen molar-refractivity contribution in [2.45, 2.75) is 11.3 Å². The molecule has 0 amide bonds. The predicted octanol–water partition coefficient (Wildman–Crippen LogP) is 2.01. The van der Waals surface area contributed by atoms with E-state index in [9.17, 15) is 0 Å². The highest BCUT2D eigenvalue weighted by Crippen LogP contribution is 2.40. The number of anilines is 1. The summed E-state index contributed by atoms with van der Waals surface area (Å²) in [6, 6.07) is 8.53. The van der Waals surface area contributed by atoms with E-state index in [0.717, 1.165) is 13.1 Å². The summed E-state index contributed by atoms with van der Waals surface area (Å²) in [4.78, 5) is 16.5.